The number of carbonyl (C=O) groups is 2. The lowest BCUT2D eigenvalue weighted by atomic mass is 9.96. The Labute approximate surface area is 160 Å². The number of rotatable bonds is 6. The number of anilines is 1. The van der Waals surface area contributed by atoms with Crippen LogP contribution in [0, 0.1) is 0 Å². The Balaban J connectivity index is 2.24. The molecule has 1 aromatic rings. The first-order valence-electron chi connectivity index (χ1n) is 9.12. The molecule has 2 rings (SSSR count). The summed E-state index contributed by atoms with van der Waals surface area (Å²) in [4.78, 5) is 25.6. The van der Waals surface area contributed by atoms with E-state index < -0.39 is 12.1 Å². The summed E-state index contributed by atoms with van der Waals surface area (Å²) in [7, 11) is 3.08. The number of hydrogen-bond acceptors (Lipinski definition) is 6. The van der Waals surface area contributed by atoms with Crippen LogP contribution >= 0.6 is 0 Å². The van der Waals surface area contributed by atoms with Crippen LogP contribution in [-0.2, 0) is 9.59 Å². The van der Waals surface area contributed by atoms with Crippen molar-refractivity contribution in [2.45, 2.75) is 57.9 Å². The van der Waals surface area contributed by atoms with Crippen LogP contribution < -0.4 is 30.7 Å². The van der Waals surface area contributed by atoms with E-state index in [1.807, 2.05) is 27.7 Å². The molecule has 4 unspecified atom stereocenters. The zero-order valence-electron chi connectivity index (χ0n) is 16.8. The fraction of sp³-hybridized carbons (Fsp3) is 0.579. The molecule has 0 saturated carbocycles. The second kappa shape index (κ2) is 9.05. The van der Waals surface area contributed by atoms with E-state index in [4.69, 9.17) is 9.47 Å². The largest absolute Gasteiger partial charge is 0.497 e. The van der Waals surface area contributed by atoms with E-state index in [-0.39, 0.29) is 29.9 Å². The lowest BCUT2D eigenvalue weighted by molar-refractivity contribution is -0.130. The van der Waals surface area contributed by atoms with Gasteiger partial charge >= 0.3 is 0 Å². The smallest absolute Gasteiger partial charge is 0.243 e. The Morgan fingerprint density at radius 1 is 1.00 bits per heavy atom. The Morgan fingerprint density at radius 3 is 2.11 bits per heavy atom. The highest BCUT2D eigenvalue weighted by Gasteiger charge is 2.40. The van der Waals surface area contributed by atoms with Crippen LogP contribution in [0.2, 0.25) is 0 Å². The number of nitrogens with one attached hydrogen (secondary N) is 4. The molecule has 2 amide bonds. The minimum Gasteiger partial charge on any atom is -0.497 e. The minimum absolute atomic E-state index is 0.0175. The van der Waals surface area contributed by atoms with Gasteiger partial charge in [-0.2, -0.15) is 0 Å². The molecule has 1 heterocycles. The second-order valence-electron chi connectivity index (χ2n) is 7.08. The van der Waals surface area contributed by atoms with Crippen molar-refractivity contribution >= 4 is 17.5 Å². The van der Waals surface area contributed by atoms with Crippen LogP contribution in [0.1, 0.15) is 27.7 Å². The van der Waals surface area contributed by atoms with Gasteiger partial charge in [-0.1, -0.05) is 0 Å². The van der Waals surface area contributed by atoms with Crippen LogP contribution in [0.25, 0.3) is 0 Å². The maximum atomic E-state index is 13.0. The van der Waals surface area contributed by atoms with E-state index in [0.29, 0.717) is 17.2 Å². The van der Waals surface area contributed by atoms with Gasteiger partial charge in [-0.3, -0.25) is 9.59 Å². The topological polar surface area (TPSA) is 101 Å². The average Bonchev–Trinajstić information content (AvgIpc) is 2.62. The molecule has 0 radical (unpaired) electrons. The first-order chi connectivity index (χ1) is 12.8. The van der Waals surface area contributed by atoms with Crippen molar-refractivity contribution in [3.63, 3.8) is 0 Å². The summed E-state index contributed by atoms with van der Waals surface area (Å²) in [5, 5.41) is 12.2. The third kappa shape index (κ3) is 5.11. The monoisotopic (exact) mass is 378 g/mol. The van der Waals surface area contributed by atoms with Gasteiger partial charge in [-0.15, -0.1) is 0 Å². The van der Waals surface area contributed by atoms with Gasteiger partial charge in [0, 0.05) is 24.2 Å². The molecule has 0 spiro atoms. The number of piperazine rings is 1. The van der Waals surface area contributed by atoms with Gasteiger partial charge in [-0.05, 0) is 39.8 Å². The van der Waals surface area contributed by atoms with Crippen LogP contribution in [0.4, 0.5) is 5.69 Å². The molecule has 8 heteroatoms. The van der Waals surface area contributed by atoms with E-state index in [1.165, 1.54) is 7.11 Å². The summed E-state index contributed by atoms with van der Waals surface area (Å²) < 4.78 is 10.5. The molecular weight excluding hydrogens is 348 g/mol. The molecule has 150 valence electrons. The molecule has 27 heavy (non-hydrogen) atoms. The molecule has 1 aromatic carbocycles. The summed E-state index contributed by atoms with van der Waals surface area (Å²) in [6.07, 6.45) is 0. The van der Waals surface area contributed by atoms with Gasteiger partial charge in [-0.25, -0.2) is 0 Å². The average molecular weight is 378 g/mol. The molecule has 4 atom stereocenters. The fourth-order valence-electron chi connectivity index (χ4n) is 3.00. The van der Waals surface area contributed by atoms with Gasteiger partial charge in [0.25, 0.3) is 0 Å². The molecule has 8 nitrogen and oxygen atoms in total. The van der Waals surface area contributed by atoms with E-state index in [1.54, 1.807) is 25.3 Å². The van der Waals surface area contributed by atoms with Crippen molar-refractivity contribution in [1.29, 1.82) is 0 Å². The highest BCUT2D eigenvalue weighted by Crippen LogP contribution is 2.29. The zero-order chi connectivity index (χ0) is 20.1. The van der Waals surface area contributed by atoms with Crippen molar-refractivity contribution in [3.8, 4) is 11.5 Å². The summed E-state index contributed by atoms with van der Waals surface area (Å²) >= 11 is 0. The van der Waals surface area contributed by atoms with Crippen molar-refractivity contribution in [2.75, 3.05) is 19.5 Å². The lowest BCUT2D eigenvalue weighted by Crippen LogP contribution is -2.71. The zero-order valence-corrected chi connectivity index (χ0v) is 16.8. The molecule has 1 fully saturated rings. The first-order valence-corrected chi connectivity index (χ1v) is 9.12. The number of methoxy groups -OCH3 is 2. The maximum absolute atomic E-state index is 13.0. The van der Waals surface area contributed by atoms with E-state index in [0.717, 1.165) is 0 Å². The fourth-order valence-corrected chi connectivity index (χ4v) is 3.00. The number of carbonyl (C=O) groups excluding carboxylic acids is 2. The van der Waals surface area contributed by atoms with Gasteiger partial charge < -0.3 is 30.7 Å². The van der Waals surface area contributed by atoms with Crippen LogP contribution in [0.5, 0.6) is 11.5 Å². The van der Waals surface area contributed by atoms with Crippen LogP contribution in [0.15, 0.2) is 18.2 Å². The summed E-state index contributed by atoms with van der Waals surface area (Å²) in [5.41, 5.74) is 0.484. The van der Waals surface area contributed by atoms with Crippen molar-refractivity contribution in [2.24, 2.45) is 0 Å². The standard InChI is InChI=1S/C19H30N4O4/c1-10(2)20-18(24)16-17(22-12(4)11(3)21-16)19(25)23-14-9-13(26-5)7-8-15(14)27-6/h7-12,16-17,21-22H,1-6H3,(H,20,24)(H,23,25). The predicted octanol–water partition coefficient (Wildman–Crippen LogP) is 0.874. The van der Waals surface area contributed by atoms with Crippen LogP contribution in [-0.4, -0.2) is 56.2 Å². The van der Waals surface area contributed by atoms with Gasteiger partial charge in [0.1, 0.15) is 23.6 Å². The van der Waals surface area contributed by atoms with E-state index in [9.17, 15) is 9.59 Å². The molecule has 0 bridgehead atoms. The lowest BCUT2D eigenvalue weighted by Gasteiger charge is -2.39. The first kappa shape index (κ1) is 21.0. The van der Waals surface area contributed by atoms with Gasteiger partial charge in [0.05, 0.1) is 19.9 Å². The quantitative estimate of drug-likeness (QED) is 0.586. The van der Waals surface area contributed by atoms with Crippen molar-refractivity contribution in [1.82, 2.24) is 16.0 Å². The van der Waals surface area contributed by atoms with E-state index >= 15 is 0 Å². The molecular formula is C19H30N4O4. The predicted molar refractivity (Wildman–Crippen MR) is 104 cm³/mol. The number of ether oxygens (including phenoxy) is 2. The Kier molecular flexibility index (Phi) is 7.04. The molecule has 1 aliphatic heterocycles. The third-order valence-corrected chi connectivity index (χ3v) is 4.63. The molecule has 4 N–H and O–H groups in total. The van der Waals surface area contributed by atoms with E-state index in [2.05, 4.69) is 21.3 Å². The Morgan fingerprint density at radius 2 is 1.59 bits per heavy atom. The molecule has 1 aliphatic rings. The number of hydrogen-bond donors (Lipinski definition) is 4. The molecule has 0 aromatic heterocycles. The van der Waals surface area contributed by atoms with Gasteiger partial charge in [0.2, 0.25) is 11.8 Å². The highest BCUT2D eigenvalue weighted by atomic mass is 16.5. The summed E-state index contributed by atoms with van der Waals surface area (Å²) in [5.74, 6) is 0.570. The maximum Gasteiger partial charge on any atom is 0.243 e. The Hall–Kier alpha value is -2.32. The van der Waals surface area contributed by atoms with Crippen molar-refractivity contribution < 1.29 is 19.1 Å². The highest BCUT2D eigenvalue weighted by molar-refractivity contribution is 6.01. The number of amides is 2. The second-order valence-corrected chi connectivity index (χ2v) is 7.08. The van der Waals surface area contributed by atoms with Gasteiger partial charge in [0.15, 0.2) is 0 Å². The summed E-state index contributed by atoms with van der Waals surface area (Å²) in [6.45, 7) is 7.72. The number of benzene rings is 1. The summed E-state index contributed by atoms with van der Waals surface area (Å²) in [6, 6.07) is 3.78. The molecule has 1 saturated heterocycles. The minimum atomic E-state index is -0.731. The third-order valence-electron chi connectivity index (χ3n) is 4.63. The SMILES string of the molecule is COc1ccc(OC)c(NC(=O)C2NC(C)C(C)NC2C(=O)NC(C)C)c1. The molecule has 0 aliphatic carbocycles. The Bertz CT molecular complexity index is 680. The van der Waals surface area contributed by atoms with Crippen molar-refractivity contribution in [3.05, 3.63) is 18.2 Å². The normalized spacial score (nSPS) is 25.0. The van der Waals surface area contributed by atoms with Crippen LogP contribution in [0.3, 0.4) is 0 Å².